The molecule has 1 rings (SSSR count). The standard InChI is InChI=1S/C10H19N3O2S/c1-3-4-16-6-8-12-9(15-13-8)5-10(2,14)7-11/h14H,3-7,11H2,1-2H3. The average Bonchev–Trinajstić information content (AvgIpc) is 2.65. The van der Waals surface area contributed by atoms with Crippen molar-refractivity contribution in [3.63, 3.8) is 0 Å². The predicted octanol–water partition coefficient (Wildman–Crippen LogP) is 0.965. The van der Waals surface area contributed by atoms with E-state index >= 15 is 0 Å². The van der Waals surface area contributed by atoms with Gasteiger partial charge in [0.05, 0.1) is 17.8 Å². The minimum atomic E-state index is -0.972. The maximum Gasteiger partial charge on any atom is 0.229 e. The van der Waals surface area contributed by atoms with Gasteiger partial charge in [-0.05, 0) is 19.1 Å². The summed E-state index contributed by atoms with van der Waals surface area (Å²) in [5, 5.41) is 13.6. The zero-order valence-electron chi connectivity index (χ0n) is 9.77. The molecule has 0 aliphatic heterocycles. The highest BCUT2D eigenvalue weighted by Gasteiger charge is 2.22. The molecule has 0 bridgehead atoms. The molecule has 16 heavy (non-hydrogen) atoms. The van der Waals surface area contributed by atoms with Crippen LogP contribution in [-0.2, 0) is 12.2 Å². The number of rotatable bonds is 7. The van der Waals surface area contributed by atoms with Gasteiger partial charge in [0.15, 0.2) is 5.82 Å². The number of hydrogen-bond acceptors (Lipinski definition) is 6. The molecule has 0 radical (unpaired) electrons. The van der Waals surface area contributed by atoms with Crippen molar-refractivity contribution >= 4 is 11.8 Å². The molecule has 6 heteroatoms. The lowest BCUT2D eigenvalue weighted by atomic mass is 10.0. The van der Waals surface area contributed by atoms with Gasteiger partial charge >= 0.3 is 0 Å². The van der Waals surface area contributed by atoms with E-state index in [-0.39, 0.29) is 6.54 Å². The zero-order chi connectivity index (χ0) is 12.0. The molecule has 1 aromatic heterocycles. The van der Waals surface area contributed by atoms with E-state index in [4.69, 9.17) is 10.3 Å². The number of thioether (sulfide) groups is 1. The van der Waals surface area contributed by atoms with Gasteiger partial charge in [0, 0.05) is 6.54 Å². The van der Waals surface area contributed by atoms with Gasteiger partial charge in [-0.1, -0.05) is 12.1 Å². The highest BCUT2D eigenvalue weighted by molar-refractivity contribution is 7.98. The zero-order valence-corrected chi connectivity index (χ0v) is 10.6. The van der Waals surface area contributed by atoms with Crippen LogP contribution in [0.3, 0.4) is 0 Å². The number of nitrogens with zero attached hydrogens (tertiary/aromatic N) is 2. The van der Waals surface area contributed by atoms with Crippen LogP contribution in [0, 0.1) is 0 Å². The second-order valence-corrected chi connectivity index (χ2v) is 5.14. The van der Waals surface area contributed by atoms with Crippen LogP contribution in [0.25, 0.3) is 0 Å². The molecule has 0 saturated heterocycles. The smallest absolute Gasteiger partial charge is 0.229 e. The molecule has 0 aromatic carbocycles. The molecule has 0 saturated carbocycles. The third-order valence-corrected chi connectivity index (χ3v) is 3.22. The summed E-state index contributed by atoms with van der Waals surface area (Å²) in [5.74, 6) is 2.97. The molecule has 0 amide bonds. The van der Waals surface area contributed by atoms with Crippen molar-refractivity contribution in [1.29, 1.82) is 0 Å². The molecular formula is C10H19N3O2S. The fourth-order valence-electron chi connectivity index (χ4n) is 1.13. The molecule has 0 aliphatic rings. The van der Waals surface area contributed by atoms with E-state index in [0.29, 0.717) is 18.1 Å². The van der Waals surface area contributed by atoms with E-state index in [1.807, 2.05) is 0 Å². The van der Waals surface area contributed by atoms with E-state index in [9.17, 15) is 5.11 Å². The summed E-state index contributed by atoms with van der Waals surface area (Å²) >= 11 is 1.77. The molecule has 0 aliphatic carbocycles. The minimum Gasteiger partial charge on any atom is -0.388 e. The Bertz CT molecular complexity index is 315. The summed E-state index contributed by atoms with van der Waals surface area (Å²) in [4.78, 5) is 4.20. The van der Waals surface area contributed by atoms with Crippen molar-refractivity contribution in [2.45, 2.75) is 38.0 Å². The second kappa shape index (κ2) is 6.22. The molecule has 1 aromatic rings. The van der Waals surface area contributed by atoms with Gasteiger partial charge < -0.3 is 15.4 Å². The molecule has 5 nitrogen and oxygen atoms in total. The van der Waals surface area contributed by atoms with Crippen LogP contribution in [0.1, 0.15) is 32.0 Å². The largest absolute Gasteiger partial charge is 0.388 e. The number of aromatic nitrogens is 2. The fourth-order valence-corrected chi connectivity index (χ4v) is 1.86. The lowest BCUT2D eigenvalue weighted by molar-refractivity contribution is 0.0610. The Hall–Kier alpha value is -0.590. The van der Waals surface area contributed by atoms with Gasteiger partial charge in [0.25, 0.3) is 0 Å². The van der Waals surface area contributed by atoms with Crippen LogP contribution >= 0.6 is 11.8 Å². The SMILES string of the molecule is CCCSCc1noc(CC(C)(O)CN)n1. The van der Waals surface area contributed by atoms with Crippen LogP contribution in [0.2, 0.25) is 0 Å². The Morgan fingerprint density at radius 1 is 1.56 bits per heavy atom. The first-order valence-corrected chi connectivity index (χ1v) is 6.54. The van der Waals surface area contributed by atoms with Crippen LogP contribution < -0.4 is 5.73 Å². The average molecular weight is 245 g/mol. The highest BCUT2D eigenvalue weighted by Crippen LogP contribution is 2.13. The van der Waals surface area contributed by atoms with E-state index in [1.165, 1.54) is 0 Å². The van der Waals surface area contributed by atoms with Gasteiger partial charge in [0.1, 0.15) is 0 Å². The second-order valence-electron chi connectivity index (χ2n) is 4.03. The molecule has 0 spiro atoms. The first kappa shape index (κ1) is 13.5. The quantitative estimate of drug-likeness (QED) is 0.696. The summed E-state index contributed by atoms with van der Waals surface area (Å²) < 4.78 is 5.04. The molecule has 1 atom stereocenters. The lowest BCUT2D eigenvalue weighted by Crippen LogP contribution is -2.36. The monoisotopic (exact) mass is 245 g/mol. The fraction of sp³-hybridized carbons (Fsp3) is 0.800. The van der Waals surface area contributed by atoms with Gasteiger partial charge in [-0.2, -0.15) is 16.7 Å². The van der Waals surface area contributed by atoms with Crippen molar-refractivity contribution in [2.75, 3.05) is 12.3 Å². The predicted molar refractivity (Wildman–Crippen MR) is 64.1 cm³/mol. The van der Waals surface area contributed by atoms with Gasteiger partial charge in [0.2, 0.25) is 5.89 Å². The molecule has 0 fully saturated rings. The van der Waals surface area contributed by atoms with Crippen LogP contribution in [0.4, 0.5) is 0 Å². The van der Waals surface area contributed by atoms with Crippen LogP contribution in [0.5, 0.6) is 0 Å². The molecule has 1 unspecified atom stereocenters. The first-order valence-electron chi connectivity index (χ1n) is 5.39. The van der Waals surface area contributed by atoms with Gasteiger partial charge in [-0.15, -0.1) is 0 Å². The summed E-state index contributed by atoms with van der Waals surface area (Å²) in [6, 6.07) is 0. The number of aliphatic hydroxyl groups is 1. The molecule has 92 valence electrons. The molecule has 3 N–H and O–H groups in total. The van der Waals surface area contributed by atoms with E-state index in [0.717, 1.165) is 17.9 Å². The number of hydrogen-bond donors (Lipinski definition) is 2. The molecular weight excluding hydrogens is 226 g/mol. The third-order valence-electron chi connectivity index (χ3n) is 2.06. The van der Waals surface area contributed by atoms with Crippen molar-refractivity contribution in [2.24, 2.45) is 5.73 Å². The first-order chi connectivity index (χ1) is 7.57. The van der Waals surface area contributed by atoms with Gasteiger partial charge in [-0.3, -0.25) is 0 Å². The van der Waals surface area contributed by atoms with Crippen LogP contribution in [0.15, 0.2) is 4.52 Å². The van der Waals surface area contributed by atoms with E-state index in [1.54, 1.807) is 18.7 Å². The lowest BCUT2D eigenvalue weighted by Gasteiger charge is -2.17. The highest BCUT2D eigenvalue weighted by atomic mass is 32.2. The summed E-state index contributed by atoms with van der Waals surface area (Å²) in [6.45, 7) is 3.96. The maximum absolute atomic E-state index is 9.74. The Balaban J connectivity index is 2.45. The third kappa shape index (κ3) is 4.51. The van der Waals surface area contributed by atoms with Gasteiger partial charge in [-0.25, -0.2) is 0 Å². The Labute approximate surface area is 99.8 Å². The molecule has 1 heterocycles. The van der Waals surface area contributed by atoms with E-state index < -0.39 is 5.60 Å². The topological polar surface area (TPSA) is 85.2 Å². The van der Waals surface area contributed by atoms with Crippen molar-refractivity contribution in [1.82, 2.24) is 10.1 Å². The minimum absolute atomic E-state index is 0.176. The Kier molecular flexibility index (Phi) is 5.24. The van der Waals surface area contributed by atoms with Crippen molar-refractivity contribution in [3.05, 3.63) is 11.7 Å². The number of nitrogens with two attached hydrogens (primary N) is 1. The normalized spacial score (nSPS) is 15.0. The van der Waals surface area contributed by atoms with Crippen molar-refractivity contribution < 1.29 is 9.63 Å². The van der Waals surface area contributed by atoms with E-state index in [2.05, 4.69) is 17.1 Å². The Morgan fingerprint density at radius 3 is 2.94 bits per heavy atom. The summed E-state index contributed by atoms with van der Waals surface area (Å²) in [6.07, 6.45) is 1.44. The Morgan fingerprint density at radius 2 is 2.31 bits per heavy atom. The van der Waals surface area contributed by atoms with Crippen LogP contribution in [-0.4, -0.2) is 33.1 Å². The van der Waals surface area contributed by atoms with Crippen molar-refractivity contribution in [3.8, 4) is 0 Å². The summed E-state index contributed by atoms with van der Waals surface area (Å²) in [7, 11) is 0. The summed E-state index contributed by atoms with van der Waals surface area (Å²) in [5.41, 5.74) is 4.44. The maximum atomic E-state index is 9.74.